The van der Waals surface area contributed by atoms with Crippen molar-refractivity contribution in [3.63, 3.8) is 0 Å². The molecule has 1 saturated heterocycles. The number of hydrogen-bond donors (Lipinski definition) is 3. The molecule has 14 heteroatoms. The maximum atomic E-state index is 14.1. The highest BCUT2D eigenvalue weighted by atomic mass is 32.1. The van der Waals surface area contributed by atoms with E-state index >= 15 is 0 Å². The van der Waals surface area contributed by atoms with Crippen LogP contribution in [0.5, 0.6) is 17.4 Å². The number of nitrogens with zero attached hydrogens (tertiary/aromatic N) is 5. The van der Waals surface area contributed by atoms with E-state index in [1.807, 2.05) is 93.9 Å². The van der Waals surface area contributed by atoms with Crippen LogP contribution < -0.4 is 14.8 Å². The predicted octanol–water partition coefficient (Wildman–Crippen LogP) is 7.36. The van der Waals surface area contributed by atoms with E-state index in [9.17, 15) is 19.8 Å². The molecule has 3 aromatic carbocycles. The van der Waals surface area contributed by atoms with Crippen LogP contribution in [-0.2, 0) is 9.59 Å². The average molecular weight is 803 g/mol. The third-order valence-electron chi connectivity index (χ3n) is 10.2. The Morgan fingerprint density at radius 2 is 1.71 bits per heavy atom. The lowest BCUT2D eigenvalue weighted by Crippen LogP contribution is -2.48. The second kappa shape index (κ2) is 18.0. The normalized spacial score (nSPS) is 16.3. The maximum absolute atomic E-state index is 14.1. The third-order valence-corrected chi connectivity index (χ3v) is 11.2. The van der Waals surface area contributed by atoms with E-state index in [1.54, 1.807) is 41.8 Å². The smallest absolute Gasteiger partial charge is 0.254 e. The van der Waals surface area contributed by atoms with Gasteiger partial charge in [0.15, 0.2) is 5.76 Å². The van der Waals surface area contributed by atoms with Crippen molar-refractivity contribution in [2.75, 3.05) is 19.8 Å². The van der Waals surface area contributed by atoms with Crippen LogP contribution in [0.3, 0.4) is 0 Å². The topological polar surface area (TPSA) is 173 Å². The number of ether oxygens (including phenoxy) is 2. The van der Waals surface area contributed by atoms with Gasteiger partial charge in [-0.15, -0.1) is 11.3 Å². The summed E-state index contributed by atoms with van der Waals surface area (Å²) in [4.78, 5) is 34.6. The average Bonchev–Trinajstić information content (AvgIpc) is 3.98. The summed E-state index contributed by atoms with van der Waals surface area (Å²) in [5, 5.41) is 36.2. The van der Waals surface area contributed by atoms with Crippen molar-refractivity contribution >= 4 is 23.2 Å². The number of β-amino-alcohol motifs (C(OH)–C–C–N with tert-alkyl or cyclic N) is 1. The predicted molar refractivity (Wildman–Crippen MR) is 219 cm³/mol. The number of phenols is 1. The van der Waals surface area contributed by atoms with Gasteiger partial charge in [0, 0.05) is 36.6 Å². The highest BCUT2D eigenvalue weighted by molar-refractivity contribution is 7.13. The summed E-state index contributed by atoms with van der Waals surface area (Å²) in [5.74, 6) is -0.169. The van der Waals surface area contributed by atoms with Gasteiger partial charge in [-0.2, -0.15) is 10.2 Å². The number of thiazole rings is 1. The minimum atomic E-state index is -0.837. The number of carbonyl (C=O) groups excluding carboxylic acids is 2. The Hall–Kier alpha value is -6.12. The van der Waals surface area contributed by atoms with Crippen molar-refractivity contribution in [1.82, 2.24) is 30.6 Å². The van der Waals surface area contributed by atoms with Gasteiger partial charge < -0.3 is 34.4 Å². The van der Waals surface area contributed by atoms with Crippen LogP contribution in [0, 0.1) is 12.8 Å². The molecule has 1 fully saturated rings. The van der Waals surface area contributed by atoms with Gasteiger partial charge in [0.25, 0.3) is 5.88 Å². The van der Waals surface area contributed by atoms with Crippen molar-refractivity contribution < 1.29 is 33.8 Å². The molecule has 300 valence electrons. The van der Waals surface area contributed by atoms with Crippen LogP contribution in [-0.4, -0.2) is 79.2 Å². The van der Waals surface area contributed by atoms with E-state index in [4.69, 9.17) is 14.0 Å². The van der Waals surface area contributed by atoms with Gasteiger partial charge >= 0.3 is 0 Å². The zero-order chi connectivity index (χ0) is 40.8. The number of aromatic hydroxyl groups is 1. The minimum absolute atomic E-state index is 0.0408. The molecule has 0 bridgehead atoms. The van der Waals surface area contributed by atoms with Gasteiger partial charge in [-0.3, -0.25) is 9.59 Å². The standard InChI is InChI=1S/C44H46N6O7S/c1-26(2)41(44(54)50-24-33(51)21-37(50)43(53)47-27(3)29-10-12-31(13-11-29)42-28(4)45-25-58-42)39-22-40(49-57-39)56-19-7-18-55-34-16-14-30(15-17-34)32-20-36(48-46-23-32)35-8-5-6-9-38(35)52/h5-6,8-17,20,22-23,25-27,33,37,41,51-52H,7,18-19,21,24H2,1-4H3,(H,47,53)/t27?,33-,37+,41?/m1/s1. The number of aromatic nitrogens is 4. The first-order valence-corrected chi connectivity index (χ1v) is 20.2. The van der Waals surface area contributed by atoms with Crippen LogP contribution in [0.1, 0.15) is 62.6 Å². The molecule has 7 rings (SSSR count). The van der Waals surface area contributed by atoms with Crippen molar-refractivity contribution in [3.05, 3.63) is 114 Å². The third kappa shape index (κ3) is 9.19. The summed E-state index contributed by atoms with van der Waals surface area (Å²) >= 11 is 1.58. The Bertz CT molecular complexity index is 2330. The molecule has 4 atom stereocenters. The number of likely N-dealkylation sites (tertiary alicyclic amines) is 1. The molecule has 6 aromatic rings. The Labute approximate surface area is 340 Å². The SMILES string of the molecule is Cc1ncsc1-c1ccc(C(C)NC(=O)[C@@H]2C[C@@H](O)CN2C(=O)C(c2cc(OCCCOc3ccc(-c4cnnc(-c5ccccc5O)c4)cc3)no2)C(C)C)cc1. The summed E-state index contributed by atoms with van der Waals surface area (Å²) in [6, 6.07) is 25.0. The molecule has 0 spiro atoms. The molecule has 0 saturated carbocycles. The highest BCUT2D eigenvalue weighted by Crippen LogP contribution is 2.34. The zero-order valence-corrected chi connectivity index (χ0v) is 33.6. The lowest BCUT2D eigenvalue weighted by atomic mass is 9.91. The number of para-hydroxylation sites is 1. The van der Waals surface area contributed by atoms with Gasteiger partial charge in [0.2, 0.25) is 11.8 Å². The van der Waals surface area contributed by atoms with E-state index in [-0.39, 0.29) is 48.4 Å². The van der Waals surface area contributed by atoms with Crippen molar-refractivity contribution in [1.29, 1.82) is 0 Å². The maximum Gasteiger partial charge on any atom is 0.254 e. The lowest BCUT2D eigenvalue weighted by molar-refractivity contribution is -0.141. The summed E-state index contributed by atoms with van der Waals surface area (Å²) in [6.07, 6.45) is 1.54. The van der Waals surface area contributed by atoms with E-state index in [0.29, 0.717) is 42.4 Å². The summed E-state index contributed by atoms with van der Waals surface area (Å²) in [6.45, 7) is 8.41. The molecule has 2 amide bonds. The van der Waals surface area contributed by atoms with E-state index in [2.05, 4.69) is 25.7 Å². The van der Waals surface area contributed by atoms with Crippen LogP contribution in [0.2, 0.25) is 0 Å². The number of carbonyl (C=O) groups is 2. The first kappa shape index (κ1) is 40.1. The Morgan fingerprint density at radius 1 is 0.966 bits per heavy atom. The van der Waals surface area contributed by atoms with Crippen LogP contribution in [0.25, 0.3) is 32.8 Å². The molecular weight excluding hydrogens is 757 g/mol. The fraction of sp³-hybridized carbons (Fsp3) is 0.318. The van der Waals surface area contributed by atoms with Crippen LogP contribution >= 0.6 is 11.3 Å². The molecule has 4 heterocycles. The Morgan fingerprint density at radius 3 is 2.43 bits per heavy atom. The second-order valence-corrected chi connectivity index (χ2v) is 15.6. The Kier molecular flexibility index (Phi) is 12.4. The summed E-state index contributed by atoms with van der Waals surface area (Å²) in [5.41, 5.74) is 7.76. The molecule has 1 aliphatic heterocycles. The quantitative estimate of drug-likeness (QED) is 0.0886. The summed E-state index contributed by atoms with van der Waals surface area (Å²) < 4.78 is 17.4. The number of nitrogens with one attached hydrogen (secondary N) is 1. The molecule has 1 aliphatic rings. The van der Waals surface area contributed by atoms with E-state index < -0.39 is 18.1 Å². The van der Waals surface area contributed by atoms with Crippen molar-refractivity contribution in [3.8, 4) is 50.2 Å². The molecule has 3 N–H and O–H groups in total. The molecule has 3 aromatic heterocycles. The highest BCUT2D eigenvalue weighted by Gasteiger charge is 2.43. The number of phenolic OH excluding ortho intramolecular Hbond substituents is 1. The van der Waals surface area contributed by atoms with Gasteiger partial charge in [-0.1, -0.05) is 62.4 Å². The van der Waals surface area contributed by atoms with Gasteiger partial charge in [0.1, 0.15) is 23.5 Å². The number of hydrogen-bond acceptors (Lipinski definition) is 12. The largest absolute Gasteiger partial charge is 0.507 e. The van der Waals surface area contributed by atoms with Gasteiger partial charge in [-0.25, -0.2) is 4.98 Å². The van der Waals surface area contributed by atoms with Gasteiger partial charge in [-0.05, 0) is 71.9 Å². The van der Waals surface area contributed by atoms with E-state index in [0.717, 1.165) is 32.8 Å². The summed E-state index contributed by atoms with van der Waals surface area (Å²) in [7, 11) is 0. The molecule has 0 aliphatic carbocycles. The molecular formula is C44H46N6O7S. The second-order valence-electron chi connectivity index (χ2n) is 14.7. The van der Waals surface area contributed by atoms with E-state index in [1.165, 1.54) is 4.90 Å². The van der Waals surface area contributed by atoms with Crippen molar-refractivity contribution in [2.45, 2.75) is 64.6 Å². The number of aliphatic hydroxyl groups is 1. The first-order chi connectivity index (χ1) is 28.0. The van der Waals surface area contributed by atoms with Gasteiger partial charge in [0.05, 0.1) is 53.3 Å². The van der Waals surface area contributed by atoms with Crippen LogP contribution in [0.4, 0.5) is 0 Å². The number of aryl methyl sites for hydroxylation is 1. The number of amides is 2. The van der Waals surface area contributed by atoms with Crippen molar-refractivity contribution in [2.24, 2.45) is 5.92 Å². The molecule has 13 nitrogen and oxygen atoms in total. The molecule has 2 unspecified atom stereocenters. The monoisotopic (exact) mass is 802 g/mol. The number of aliphatic hydroxyl groups excluding tert-OH is 1. The molecule has 0 radical (unpaired) electrons. The molecule has 58 heavy (non-hydrogen) atoms. The fourth-order valence-electron chi connectivity index (χ4n) is 7.12. The Balaban J connectivity index is 0.900. The van der Waals surface area contributed by atoms with Crippen LogP contribution in [0.15, 0.2) is 101 Å². The lowest BCUT2D eigenvalue weighted by Gasteiger charge is -2.29. The number of rotatable bonds is 15. The number of benzene rings is 3. The zero-order valence-electron chi connectivity index (χ0n) is 32.7. The first-order valence-electron chi connectivity index (χ1n) is 19.3. The minimum Gasteiger partial charge on any atom is -0.507 e. The fourth-order valence-corrected chi connectivity index (χ4v) is 7.93.